The number of rotatable bonds is 4. The Morgan fingerprint density at radius 1 is 0.250 bits per heavy atom. The number of fused-ring (bicyclic) bond motifs is 12. The van der Waals surface area contributed by atoms with E-state index in [9.17, 15) is 20.4 Å². The van der Waals surface area contributed by atoms with Crippen LogP contribution in [0.1, 0.15) is 45.2 Å². The van der Waals surface area contributed by atoms with Gasteiger partial charge in [0, 0.05) is 34.1 Å². The molecule has 0 saturated heterocycles. The quantitative estimate of drug-likeness (QED) is 0.140. The highest BCUT2D eigenvalue weighted by atomic mass is 16.5. The summed E-state index contributed by atoms with van der Waals surface area (Å²) in [6.07, 6.45) is 0. The van der Waals surface area contributed by atoms with Crippen molar-refractivity contribution in [3.8, 4) is 68.2 Å². The first-order valence-corrected chi connectivity index (χ1v) is 24.0. The van der Waals surface area contributed by atoms with Crippen LogP contribution in [0.5, 0.6) is 46.0 Å². The van der Waals surface area contributed by atoms with Gasteiger partial charge in [-0.05, 0) is 149 Å². The lowest BCUT2D eigenvalue weighted by Crippen LogP contribution is -2.13. The van der Waals surface area contributed by atoms with Crippen molar-refractivity contribution < 1.29 is 29.9 Å². The summed E-state index contributed by atoms with van der Waals surface area (Å²) in [6, 6.07) is 76.0. The normalized spacial score (nSPS) is 12.8. The van der Waals surface area contributed by atoms with Crippen LogP contribution < -0.4 is 9.47 Å². The van der Waals surface area contributed by atoms with Crippen molar-refractivity contribution >= 4 is 43.1 Å². The summed E-state index contributed by atoms with van der Waals surface area (Å²) >= 11 is 0. The molecule has 72 heavy (non-hydrogen) atoms. The van der Waals surface area contributed by atoms with Crippen LogP contribution >= 0.6 is 0 Å². The molecule has 0 aromatic heterocycles. The third-order valence-corrected chi connectivity index (χ3v) is 14.3. The zero-order valence-corrected chi connectivity index (χ0v) is 38.7. The summed E-state index contributed by atoms with van der Waals surface area (Å²) in [5.41, 5.74) is 10.9. The topological polar surface area (TPSA) is 99.4 Å². The van der Waals surface area contributed by atoms with Crippen LogP contribution in [0.3, 0.4) is 0 Å². The summed E-state index contributed by atoms with van der Waals surface area (Å²) in [5, 5.41) is 49.5. The van der Waals surface area contributed by atoms with E-state index >= 15 is 0 Å². The molecule has 2 heterocycles. The Bertz CT molecular complexity index is 3620. The van der Waals surface area contributed by atoms with E-state index in [1.54, 1.807) is 24.3 Å². The molecule has 6 nitrogen and oxygen atoms in total. The summed E-state index contributed by atoms with van der Waals surface area (Å²) in [6.45, 7) is 0. The lowest BCUT2D eigenvalue weighted by Gasteiger charge is -2.31. The van der Waals surface area contributed by atoms with Gasteiger partial charge in [0.15, 0.2) is 0 Å². The maximum absolute atomic E-state index is 10.4. The van der Waals surface area contributed by atoms with Gasteiger partial charge in [0.2, 0.25) is 0 Å². The van der Waals surface area contributed by atoms with E-state index in [0.717, 1.165) is 111 Å². The second kappa shape index (κ2) is 17.2. The van der Waals surface area contributed by atoms with E-state index in [1.807, 2.05) is 133 Å². The maximum atomic E-state index is 10.4. The Labute approximate surface area is 415 Å². The van der Waals surface area contributed by atoms with Gasteiger partial charge < -0.3 is 29.9 Å². The highest BCUT2D eigenvalue weighted by molar-refractivity contribution is 5.98. The van der Waals surface area contributed by atoms with Crippen LogP contribution in [0, 0.1) is 0 Å². The first-order valence-electron chi connectivity index (χ1n) is 24.0. The summed E-state index contributed by atoms with van der Waals surface area (Å²) in [7, 11) is 0. The van der Waals surface area contributed by atoms with Crippen molar-refractivity contribution in [1.82, 2.24) is 0 Å². The van der Waals surface area contributed by atoms with Crippen LogP contribution in [0.2, 0.25) is 0 Å². The van der Waals surface area contributed by atoms with Crippen LogP contribution in [0.4, 0.5) is 0 Å². The second-order valence-electron chi connectivity index (χ2n) is 18.6. The van der Waals surface area contributed by atoms with Gasteiger partial charge in [-0.3, -0.25) is 0 Å². The van der Waals surface area contributed by atoms with Gasteiger partial charge in [0.05, 0.1) is 0 Å². The van der Waals surface area contributed by atoms with Gasteiger partial charge in [-0.1, -0.05) is 158 Å². The Morgan fingerprint density at radius 2 is 0.500 bits per heavy atom. The molecule has 12 aromatic rings. The van der Waals surface area contributed by atoms with Crippen LogP contribution in [0.15, 0.2) is 231 Å². The number of phenols is 4. The summed E-state index contributed by atoms with van der Waals surface area (Å²) in [5.74, 6) is 3.68. The van der Waals surface area contributed by atoms with E-state index in [-0.39, 0.29) is 34.8 Å². The van der Waals surface area contributed by atoms with Crippen molar-refractivity contribution in [3.05, 3.63) is 264 Å². The minimum atomic E-state index is -0.149. The first kappa shape index (κ1) is 42.6. The van der Waals surface area contributed by atoms with Crippen LogP contribution in [0.25, 0.3) is 65.3 Å². The molecule has 12 aromatic carbocycles. The fourth-order valence-corrected chi connectivity index (χ4v) is 11.0. The lowest BCUT2D eigenvalue weighted by atomic mass is 9.78. The molecule has 0 atom stereocenters. The standard InChI is InChI=1S/2C33H22O3/c2*34-25-14-10-22-12-16-29-32(27(22)18-25)31(24-8-6-21(7-9-24)20-4-2-1-3-5-20)33-28-19-26(35)15-11-23(28)13-17-30(33)36-29/h2*1-19,31,34-35H. The fourth-order valence-electron chi connectivity index (χ4n) is 11.0. The molecule has 0 amide bonds. The molecule has 14 rings (SSSR count). The number of hydrogen-bond acceptors (Lipinski definition) is 6. The van der Waals surface area contributed by atoms with Gasteiger partial charge in [-0.2, -0.15) is 0 Å². The second-order valence-corrected chi connectivity index (χ2v) is 18.6. The predicted octanol–water partition coefficient (Wildman–Crippen LogP) is 16.7. The molecule has 344 valence electrons. The van der Waals surface area contributed by atoms with Gasteiger partial charge in [-0.15, -0.1) is 0 Å². The van der Waals surface area contributed by atoms with Crippen molar-refractivity contribution in [2.75, 3.05) is 0 Å². The van der Waals surface area contributed by atoms with Gasteiger partial charge >= 0.3 is 0 Å². The number of ether oxygens (including phenoxy) is 2. The smallest absolute Gasteiger partial charge is 0.132 e. The Morgan fingerprint density at radius 3 is 0.778 bits per heavy atom. The van der Waals surface area contributed by atoms with E-state index in [1.165, 1.54) is 11.1 Å². The molecule has 0 unspecified atom stereocenters. The molecule has 0 aliphatic carbocycles. The van der Waals surface area contributed by atoms with Crippen molar-refractivity contribution in [3.63, 3.8) is 0 Å². The number of hydrogen-bond donors (Lipinski definition) is 4. The van der Waals surface area contributed by atoms with E-state index in [0.29, 0.717) is 0 Å². The molecule has 4 N–H and O–H groups in total. The van der Waals surface area contributed by atoms with Gasteiger partial charge in [0.25, 0.3) is 0 Å². The lowest BCUT2D eigenvalue weighted by molar-refractivity contribution is 0.455. The van der Waals surface area contributed by atoms with E-state index < -0.39 is 0 Å². The van der Waals surface area contributed by atoms with Crippen molar-refractivity contribution in [2.45, 2.75) is 11.8 Å². The van der Waals surface area contributed by atoms with E-state index in [2.05, 4.69) is 72.8 Å². The molecule has 0 spiro atoms. The van der Waals surface area contributed by atoms with Crippen molar-refractivity contribution in [2.24, 2.45) is 0 Å². The predicted molar refractivity (Wildman–Crippen MR) is 288 cm³/mol. The fraction of sp³-hybridized carbons (Fsp3) is 0.0303. The average molecular weight is 933 g/mol. The highest BCUT2D eigenvalue weighted by Crippen LogP contribution is 2.55. The molecule has 0 radical (unpaired) electrons. The Balaban J connectivity index is 0.000000140. The number of phenolic OH excluding ortho intramolecular Hbond substituents is 4. The molecular weight excluding hydrogens is 889 g/mol. The molecule has 6 heteroatoms. The largest absolute Gasteiger partial charge is 0.508 e. The average Bonchev–Trinajstić information content (AvgIpc) is 3.42. The molecule has 2 aliphatic heterocycles. The maximum Gasteiger partial charge on any atom is 0.132 e. The van der Waals surface area contributed by atoms with Gasteiger partial charge in [-0.25, -0.2) is 0 Å². The number of aromatic hydroxyl groups is 4. The zero-order chi connectivity index (χ0) is 48.5. The highest BCUT2D eigenvalue weighted by Gasteiger charge is 2.34. The third kappa shape index (κ3) is 7.36. The molecule has 2 aliphatic rings. The van der Waals surface area contributed by atoms with E-state index in [4.69, 9.17) is 9.47 Å². The monoisotopic (exact) mass is 932 g/mol. The minimum Gasteiger partial charge on any atom is -0.508 e. The molecule has 0 bridgehead atoms. The molecular formula is C66H44O6. The summed E-state index contributed by atoms with van der Waals surface area (Å²) < 4.78 is 12.9. The minimum absolute atomic E-state index is 0.149. The van der Waals surface area contributed by atoms with Gasteiger partial charge in [0.1, 0.15) is 46.0 Å². The Kier molecular flexibility index (Phi) is 10.1. The van der Waals surface area contributed by atoms with Crippen molar-refractivity contribution in [1.29, 1.82) is 0 Å². The SMILES string of the molecule is Oc1ccc2ccc3c(c2c1)C(c1ccc(-c2ccccc2)cc1)c1c(ccc2ccc(O)cc12)O3.Oc1ccc2ccc3c(c2c1)C(c1ccc(-c2ccccc2)cc1)c1c(ccc2ccc(O)cc12)O3. The number of benzene rings is 12. The zero-order valence-electron chi connectivity index (χ0n) is 38.7. The molecule has 0 fully saturated rings. The van der Waals surface area contributed by atoms with Crippen LogP contribution in [-0.2, 0) is 0 Å². The summed E-state index contributed by atoms with van der Waals surface area (Å²) in [4.78, 5) is 0. The van der Waals surface area contributed by atoms with Crippen LogP contribution in [-0.4, -0.2) is 20.4 Å². The Hall–Kier alpha value is -9.52. The molecule has 0 saturated carbocycles. The first-order chi connectivity index (χ1) is 35.3. The third-order valence-electron chi connectivity index (χ3n) is 14.3.